The van der Waals surface area contributed by atoms with Gasteiger partial charge in [0.05, 0.1) is 0 Å². The van der Waals surface area contributed by atoms with Crippen molar-refractivity contribution in [1.29, 1.82) is 0 Å². The summed E-state index contributed by atoms with van der Waals surface area (Å²) in [6, 6.07) is 15.0. The minimum absolute atomic E-state index is 1.27. The van der Waals surface area contributed by atoms with Crippen molar-refractivity contribution < 1.29 is 0 Å². The zero-order chi connectivity index (χ0) is 16.3. The van der Waals surface area contributed by atoms with E-state index in [4.69, 9.17) is 0 Å². The van der Waals surface area contributed by atoms with Crippen molar-refractivity contribution in [3.05, 3.63) is 53.8 Å². The van der Waals surface area contributed by atoms with E-state index in [1.165, 1.54) is 16.3 Å². The molecule has 0 bridgehead atoms. The molecule has 0 aliphatic carbocycles. The summed E-state index contributed by atoms with van der Waals surface area (Å²) in [5.74, 6) is 2.37. The van der Waals surface area contributed by atoms with E-state index >= 15 is 0 Å². The molecule has 0 heterocycles. The van der Waals surface area contributed by atoms with Crippen molar-refractivity contribution in [2.75, 3.05) is 42.3 Å². The fraction of sp³-hybridized carbons (Fsp3) is 0.333. The molecular formula is C18H27N3P+. The molecule has 22 heavy (non-hydrogen) atoms. The Bertz CT molecular complexity index is 635. The van der Waals surface area contributed by atoms with Crippen LogP contribution in [0.25, 0.3) is 16.8 Å². The Labute approximate surface area is 135 Å². The van der Waals surface area contributed by atoms with Gasteiger partial charge in [0, 0.05) is 42.3 Å². The molecule has 0 aliphatic rings. The van der Waals surface area contributed by atoms with Crippen LogP contribution in [0.1, 0.15) is 5.56 Å². The van der Waals surface area contributed by atoms with Crippen LogP contribution in [0.3, 0.4) is 0 Å². The normalized spacial score (nSPS) is 13.1. The van der Waals surface area contributed by atoms with E-state index in [-0.39, 0.29) is 0 Å². The molecule has 0 unspecified atom stereocenters. The zero-order valence-corrected chi connectivity index (χ0v) is 15.4. The number of hydrogen-bond acceptors (Lipinski definition) is 3. The number of hydrogen-bond donors (Lipinski definition) is 0. The number of rotatable bonds is 5. The second-order valence-electron chi connectivity index (χ2n) is 6.04. The molecule has 0 saturated carbocycles. The lowest BCUT2D eigenvalue weighted by atomic mass is 10.1. The second-order valence-corrected chi connectivity index (χ2v) is 9.97. The van der Waals surface area contributed by atoms with Crippen molar-refractivity contribution in [3.63, 3.8) is 0 Å². The first kappa shape index (κ1) is 17.1. The molecule has 2 aromatic rings. The van der Waals surface area contributed by atoms with Crippen molar-refractivity contribution >= 4 is 24.6 Å². The van der Waals surface area contributed by atoms with Crippen LogP contribution in [0, 0.1) is 0 Å². The van der Waals surface area contributed by atoms with Crippen LogP contribution in [0.15, 0.2) is 48.3 Å². The SMILES string of the molecule is CN(C)[P+](/C=C/c1cccc2ccccc12)(N(C)C)N(C)C. The molecule has 0 amide bonds. The van der Waals surface area contributed by atoms with Crippen LogP contribution in [-0.2, 0) is 0 Å². The predicted molar refractivity (Wildman–Crippen MR) is 101 cm³/mol. The zero-order valence-electron chi connectivity index (χ0n) is 14.5. The summed E-state index contributed by atoms with van der Waals surface area (Å²) in [5, 5.41) is 2.59. The second kappa shape index (κ2) is 6.89. The quantitative estimate of drug-likeness (QED) is 0.763. The average Bonchev–Trinajstić information content (AvgIpc) is 2.47. The molecule has 0 fully saturated rings. The van der Waals surface area contributed by atoms with Crippen LogP contribution in [0.4, 0.5) is 0 Å². The summed E-state index contributed by atoms with van der Waals surface area (Å²) >= 11 is 0. The van der Waals surface area contributed by atoms with Crippen LogP contribution in [0.5, 0.6) is 0 Å². The molecule has 3 nitrogen and oxygen atoms in total. The lowest BCUT2D eigenvalue weighted by Crippen LogP contribution is -2.34. The lowest BCUT2D eigenvalue weighted by molar-refractivity contribution is 0.472. The molecule has 4 heteroatoms. The molecule has 2 rings (SSSR count). The van der Waals surface area contributed by atoms with Crippen molar-refractivity contribution in [1.82, 2.24) is 14.0 Å². The Morgan fingerprint density at radius 1 is 0.727 bits per heavy atom. The predicted octanol–water partition coefficient (Wildman–Crippen LogP) is 4.26. The average molecular weight is 316 g/mol. The van der Waals surface area contributed by atoms with Gasteiger partial charge in [-0.15, -0.1) is 0 Å². The lowest BCUT2D eigenvalue weighted by Gasteiger charge is -2.37. The fourth-order valence-electron chi connectivity index (χ4n) is 3.05. The topological polar surface area (TPSA) is 9.72 Å². The van der Waals surface area contributed by atoms with E-state index in [9.17, 15) is 0 Å². The van der Waals surface area contributed by atoms with Gasteiger partial charge in [0.25, 0.3) is 7.71 Å². The van der Waals surface area contributed by atoms with E-state index in [2.05, 4.69) is 111 Å². The molecule has 0 N–H and O–H groups in total. The highest BCUT2D eigenvalue weighted by Crippen LogP contribution is 2.65. The number of fused-ring (bicyclic) bond motifs is 1. The summed E-state index contributed by atoms with van der Waals surface area (Å²) in [4.78, 5) is 0. The van der Waals surface area contributed by atoms with Crippen LogP contribution < -0.4 is 0 Å². The molecule has 0 atom stereocenters. The molecule has 0 spiro atoms. The maximum Gasteiger partial charge on any atom is 0.253 e. The van der Waals surface area contributed by atoms with Crippen molar-refractivity contribution in [2.24, 2.45) is 0 Å². The largest absolute Gasteiger partial charge is 0.253 e. The Hall–Kier alpha value is -1.25. The van der Waals surface area contributed by atoms with E-state index < -0.39 is 7.71 Å². The third kappa shape index (κ3) is 3.09. The highest BCUT2D eigenvalue weighted by atomic mass is 31.2. The maximum absolute atomic E-state index is 2.37. The Kier molecular flexibility index (Phi) is 5.36. The molecule has 0 radical (unpaired) electrons. The summed E-state index contributed by atoms with van der Waals surface area (Å²) < 4.78 is 6.98. The van der Waals surface area contributed by atoms with Gasteiger partial charge >= 0.3 is 0 Å². The Morgan fingerprint density at radius 3 is 1.86 bits per heavy atom. The number of benzene rings is 2. The first-order valence-corrected chi connectivity index (χ1v) is 9.20. The first-order chi connectivity index (χ1) is 10.4. The van der Waals surface area contributed by atoms with Gasteiger partial charge in [0.2, 0.25) is 0 Å². The van der Waals surface area contributed by atoms with Crippen LogP contribution >= 0.6 is 7.71 Å². The van der Waals surface area contributed by atoms with Crippen LogP contribution in [0.2, 0.25) is 0 Å². The van der Waals surface area contributed by atoms with Gasteiger partial charge in [-0.25, -0.2) is 0 Å². The van der Waals surface area contributed by atoms with Gasteiger partial charge < -0.3 is 0 Å². The first-order valence-electron chi connectivity index (χ1n) is 7.48. The highest BCUT2D eigenvalue weighted by molar-refractivity contribution is 7.72. The van der Waals surface area contributed by atoms with E-state index in [1.54, 1.807) is 0 Å². The fourth-order valence-corrected chi connectivity index (χ4v) is 6.36. The maximum atomic E-state index is 2.37. The molecule has 0 aliphatic heterocycles. The Balaban J connectivity index is 2.51. The summed E-state index contributed by atoms with van der Waals surface area (Å²) in [7, 11) is 11.3. The summed E-state index contributed by atoms with van der Waals surface area (Å²) in [6.45, 7) is 0. The standard InChI is InChI=1S/C18H27N3P/c1-19(2)22(20(3)4,21(5)6)15-14-17-12-9-11-16-10-7-8-13-18(16)17/h7-15H,1-6H3/q+1/b15-14+. The molecule has 0 saturated heterocycles. The van der Waals surface area contributed by atoms with E-state index in [1.807, 2.05) is 0 Å². The van der Waals surface area contributed by atoms with Gasteiger partial charge in [-0.3, -0.25) is 0 Å². The third-order valence-corrected chi connectivity index (χ3v) is 8.12. The van der Waals surface area contributed by atoms with Crippen molar-refractivity contribution in [3.8, 4) is 0 Å². The van der Waals surface area contributed by atoms with Gasteiger partial charge in [0.15, 0.2) is 0 Å². The van der Waals surface area contributed by atoms with Gasteiger partial charge in [-0.2, -0.15) is 14.0 Å². The monoisotopic (exact) mass is 316 g/mol. The molecular weight excluding hydrogens is 289 g/mol. The third-order valence-electron chi connectivity index (χ3n) is 4.04. The Morgan fingerprint density at radius 2 is 1.27 bits per heavy atom. The summed E-state index contributed by atoms with van der Waals surface area (Å²) in [5.41, 5.74) is 1.27. The van der Waals surface area contributed by atoms with Gasteiger partial charge in [-0.1, -0.05) is 42.5 Å². The molecule has 2 aromatic carbocycles. The van der Waals surface area contributed by atoms with E-state index in [0.29, 0.717) is 0 Å². The summed E-state index contributed by atoms with van der Waals surface area (Å²) in [6.07, 6.45) is 2.27. The highest BCUT2D eigenvalue weighted by Gasteiger charge is 2.45. The number of nitrogens with zero attached hydrogens (tertiary/aromatic N) is 3. The minimum atomic E-state index is -1.64. The molecule has 0 aromatic heterocycles. The smallest absolute Gasteiger partial charge is 0.151 e. The van der Waals surface area contributed by atoms with Crippen LogP contribution in [-0.4, -0.2) is 56.3 Å². The molecule has 118 valence electrons. The van der Waals surface area contributed by atoms with Crippen molar-refractivity contribution in [2.45, 2.75) is 0 Å². The van der Waals surface area contributed by atoms with E-state index in [0.717, 1.165) is 0 Å². The van der Waals surface area contributed by atoms with Gasteiger partial charge in [0.1, 0.15) is 5.82 Å². The minimum Gasteiger partial charge on any atom is -0.151 e. The van der Waals surface area contributed by atoms with Gasteiger partial charge in [-0.05, 0) is 22.4 Å².